The largest absolute Gasteiger partial charge is 0.320 e. The van der Waals surface area contributed by atoms with Gasteiger partial charge in [0.15, 0.2) is 0 Å². The lowest BCUT2D eigenvalue weighted by molar-refractivity contribution is 0.634. The second kappa shape index (κ2) is 30.2. The molecule has 0 saturated carbocycles. The van der Waals surface area contributed by atoms with E-state index in [0.717, 1.165) is 0 Å². The average molecular weight is 260 g/mol. The Hall–Kier alpha value is -0.0400. The molecule has 18 heavy (non-hydrogen) atoms. The van der Waals surface area contributed by atoms with E-state index in [0.29, 0.717) is 0 Å². The van der Waals surface area contributed by atoms with E-state index in [2.05, 4.69) is 39.9 Å². The minimum atomic E-state index is 1.18. The summed E-state index contributed by atoms with van der Waals surface area (Å²) in [6, 6.07) is 0. The monoisotopic (exact) mass is 259 g/mol. The van der Waals surface area contributed by atoms with Gasteiger partial charge in [-0.05, 0) is 20.0 Å². The third-order valence-electron chi connectivity index (χ3n) is 2.69. The van der Waals surface area contributed by atoms with Gasteiger partial charge in [0.05, 0.1) is 0 Å². The summed E-state index contributed by atoms with van der Waals surface area (Å²) < 4.78 is 0. The summed E-state index contributed by atoms with van der Waals surface area (Å²) in [7, 11) is 2.01. The highest BCUT2D eigenvalue weighted by atomic mass is 14.8. The lowest BCUT2D eigenvalue weighted by atomic mass is 10.2. The Kier molecular flexibility index (Phi) is 38.7. The van der Waals surface area contributed by atoms with Crippen LogP contribution in [-0.4, -0.2) is 13.6 Å². The fourth-order valence-corrected chi connectivity index (χ4v) is 1.44. The average Bonchev–Trinajstić information content (AvgIpc) is 2.38. The Morgan fingerprint density at radius 1 is 0.500 bits per heavy atom. The number of nitrogens with one attached hydrogen (secondary N) is 1. The first-order valence-electron chi connectivity index (χ1n) is 8.39. The van der Waals surface area contributed by atoms with E-state index >= 15 is 0 Å². The molecule has 0 aliphatic carbocycles. The van der Waals surface area contributed by atoms with Crippen LogP contribution in [0.5, 0.6) is 0 Å². The SMILES string of the molecule is CCCCC.CCCCC.CCCCCCNC. The predicted octanol–water partition coefficient (Wildman–Crippen LogP) is 6.18. The first-order valence-corrected chi connectivity index (χ1v) is 8.39. The topological polar surface area (TPSA) is 12.0 Å². The molecule has 0 atom stereocenters. The molecular formula is C17H41N. The number of unbranched alkanes of at least 4 members (excludes halogenated alkanes) is 7. The fourth-order valence-electron chi connectivity index (χ4n) is 1.44. The van der Waals surface area contributed by atoms with Crippen molar-refractivity contribution in [2.24, 2.45) is 0 Å². The maximum absolute atomic E-state index is 3.13. The number of hydrogen-bond acceptors (Lipinski definition) is 1. The van der Waals surface area contributed by atoms with Gasteiger partial charge >= 0.3 is 0 Å². The highest BCUT2D eigenvalue weighted by molar-refractivity contribution is 4.41. The van der Waals surface area contributed by atoms with Crippen LogP contribution in [0.3, 0.4) is 0 Å². The van der Waals surface area contributed by atoms with Crippen molar-refractivity contribution >= 4 is 0 Å². The van der Waals surface area contributed by atoms with E-state index in [9.17, 15) is 0 Å². The number of hydrogen-bond donors (Lipinski definition) is 1. The molecule has 0 aromatic carbocycles. The maximum atomic E-state index is 3.13. The molecule has 0 aliphatic heterocycles. The molecule has 1 N–H and O–H groups in total. The molecule has 0 rings (SSSR count). The number of rotatable bonds is 9. The van der Waals surface area contributed by atoms with Crippen molar-refractivity contribution in [1.82, 2.24) is 5.32 Å². The van der Waals surface area contributed by atoms with Crippen LogP contribution in [0.2, 0.25) is 0 Å². The van der Waals surface area contributed by atoms with Gasteiger partial charge < -0.3 is 5.32 Å². The zero-order valence-corrected chi connectivity index (χ0v) is 14.3. The molecule has 0 saturated heterocycles. The third-order valence-corrected chi connectivity index (χ3v) is 2.69. The molecule has 0 bridgehead atoms. The lowest BCUT2D eigenvalue weighted by Gasteiger charge is -1.95. The Balaban J connectivity index is -0.000000197. The Labute approximate surface area is 118 Å². The van der Waals surface area contributed by atoms with Crippen molar-refractivity contribution in [3.05, 3.63) is 0 Å². The summed E-state index contributed by atoms with van der Waals surface area (Å²) in [6.07, 6.45) is 13.6. The summed E-state index contributed by atoms with van der Waals surface area (Å²) in [5, 5.41) is 3.13. The summed E-state index contributed by atoms with van der Waals surface area (Å²) in [5.41, 5.74) is 0. The van der Waals surface area contributed by atoms with Gasteiger partial charge in [0.1, 0.15) is 0 Å². The highest BCUT2D eigenvalue weighted by Crippen LogP contribution is 1.96. The van der Waals surface area contributed by atoms with Crippen LogP contribution in [0.1, 0.15) is 98.8 Å². The Morgan fingerprint density at radius 2 is 0.889 bits per heavy atom. The zero-order valence-electron chi connectivity index (χ0n) is 14.3. The molecule has 0 heterocycles. The molecular weight excluding hydrogens is 218 g/mol. The van der Waals surface area contributed by atoms with E-state index in [1.807, 2.05) is 7.05 Å². The van der Waals surface area contributed by atoms with Gasteiger partial charge in [0.2, 0.25) is 0 Å². The molecule has 114 valence electrons. The molecule has 0 aromatic rings. The molecule has 1 nitrogen and oxygen atoms in total. The smallest absolute Gasteiger partial charge is 0.00519 e. The Bertz CT molecular complexity index is 75.6. The first kappa shape index (κ1) is 23.1. The molecule has 0 radical (unpaired) electrons. The van der Waals surface area contributed by atoms with Crippen LogP contribution in [0.15, 0.2) is 0 Å². The van der Waals surface area contributed by atoms with Crippen molar-refractivity contribution < 1.29 is 0 Å². The summed E-state index contributed by atoms with van der Waals surface area (Å²) in [4.78, 5) is 0. The first-order chi connectivity index (χ1) is 8.74. The molecule has 0 aliphatic rings. The zero-order chi connectivity index (χ0) is 14.5. The van der Waals surface area contributed by atoms with E-state index in [1.54, 1.807) is 0 Å². The molecule has 0 unspecified atom stereocenters. The van der Waals surface area contributed by atoms with Crippen LogP contribution in [0.4, 0.5) is 0 Å². The molecule has 1 heteroatoms. The molecule has 0 amide bonds. The van der Waals surface area contributed by atoms with Crippen LogP contribution in [-0.2, 0) is 0 Å². The maximum Gasteiger partial charge on any atom is -0.00519 e. The van der Waals surface area contributed by atoms with Crippen molar-refractivity contribution in [2.45, 2.75) is 98.8 Å². The van der Waals surface area contributed by atoms with Crippen molar-refractivity contribution in [3.63, 3.8) is 0 Å². The van der Waals surface area contributed by atoms with Crippen LogP contribution >= 0.6 is 0 Å². The van der Waals surface area contributed by atoms with Gasteiger partial charge in [-0.3, -0.25) is 0 Å². The van der Waals surface area contributed by atoms with Gasteiger partial charge in [-0.15, -0.1) is 0 Å². The van der Waals surface area contributed by atoms with E-state index < -0.39 is 0 Å². The summed E-state index contributed by atoms with van der Waals surface area (Å²) in [5.74, 6) is 0. The quantitative estimate of drug-likeness (QED) is 0.488. The van der Waals surface area contributed by atoms with Crippen molar-refractivity contribution in [2.75, 3.05) is 13.6 Å². The van der Waals surface area contributed by atoms with E-state index in [1.165, 1.54) is 70.8 Å². The Morgan fingerprint density at radius 3 is 1.11 bits per heavy atom. The summed E-state index contributed by atoms with van der Waals surface area (Å²) in [6.45, 7) is 12.3. The predicted molar refractivity (Wildman–Crippen MR) is 88.5 cm³/mol. The molecule has 0 spiro atoms. The van der Waals surface area contributed by atoms with Crippen molar-refractivity contribution in [3.8, 4) is 0 Å². The van der Waals surface area contributed by atoms with Crippen molar-refractivity contribution in [1.29, 1.82) is 0 Å². The second-order valence-electron chi connectivity index (χ2n) is 4.87. The molecule has 0 aromatic heterocycles. The lowest BCUT2D eigenvalue weighted by Crippen LogP contribution is -2.06. The fraction of sp³-hybridized carbons (Fsp3) is 1.00. The van der Waals surface area contributed by atoms with Crippen LogP contribution in [0, 0.1) is 0 Å². The van der Waals surface area contributed by atoms with Crippen LogP contribution < -0.4 is 5.32 Å². The minimum Gasteiger partial charge on any atom is -0.320 e. The highest BCUT2D eigenvalue weighted by Gasteiger charge is 1.82. The second-order valence-corrected chi connectivity index (χ2v) is 4.87. The van der Waals surface area contributed by atoms with Gasteiger partial charge in [0, 0.05) is 0 Å². The van der Waals surface area contributed by atoms with E-state index in [-0.39, 0.29) is 0 Å². The van der Waals surface area contributed by atoms with Crippen LogP contribution in [0.25, 0.3) is 0 Å². The standard InChI is InChI=1S/C7H17N.2C5H12/c1-3-4-5-6-7-8-2;2*1-3-5-4-2/h8H,3-7H2,1-2H3;2*3-5H2,1-2H3. The van der Waals surface area contributed by atoms with E-state index in [4.69, 9.17) is 0 Å². The minimum absolute atomic E-state index is 1.18. The normalized spacial score (nSPS) is 9.00. The third kappa shape index (κ3) is 44.5. The summed E-state index contributed by atoms with van der Waals surface area (Å²) >= 11 is 0. The van der Waals surface area contributed by atoms with Gasteiger partial charge in [-0.2, -0.15) is 0 Å². The van der Waals surface area contributed by atoms with Gasteiger partial charge in [-0.25, -0.2) is 0 Å². The van der Waals surface area contributed by atoms with Gasteiger partial charge in [-0.1, -0.05) is 92.4 Å². The van der Waals surface area contributed by atoms with Gasteiger partial charge in [0.25, 0.3) is 0 Å². The molecule has 0 fully saturated rings.